The smallest absolute Gasteiger partial charge is 0.234 e. The minimum atomic E-state index is -0.105. The number of thioether (sulfide) groups is 1. The molecule has 3 rings (SSSR count). The van der Waals surface area contributed by atoms with Gasteiger partial charge in [0.2, 0.25) is 5.91 Å². The van der Waals surface area contributed by atoms with E-state index in [1.165, 1.54) is 11.8 Å². The van der Waals surface area contributed by atoms with E-state index < -0.39 is 0 Å². The largest absolute Gasteiger partial charge is 0.486 e. The standard InChI is InChI=1S/C23H25ClN4O2S/c1-5-10-28-20(13-30-19-11-16(3)22(24)17(4)12-19)26-27-23(28)31-14-21(29)25-18-8-6-15(2)7-9-18/h5-9,11-12H,1,10,13-14H2,2-4H3,(H,25,29). The molecule has 0 radical (unpaired) electrons. The van der Waals surface area contributed by atoms with E-state index in [4.69, 9.17) is 16.3 Å². The van der Waals surface area contributed by atoms with Crippen molar-refractivity contribution in [3.05, 3.63) is 76.6 Å². The van der Waals surface area contributed by atoms with Crippen molar-refractivity contribution in [2.75, 3.05) is 11.1 Å². The highest BCUT2D eigenvalue weighted by molar-refractivity contribution is 7.99. The molecule has 0 unspecified atom stereocenters. The summed E-state index contributed by atoms with van der Waals surface area (Å²) in [6, 6.07) is 11.5. The van der Waals surface area contributed by atoms with Crippen LogP contribution in [0.3, 0.4) is 0 Å². The topological polar surface area (TPSA) is 69.0 Å². The van der Waals surface area contributed by atoms with E-state index in [1.54, 1.807) is 6.08 Å². The Morgan fingerprint density at radius 2 is 1.87 bits per heavy atom. The predicted molar refractivity (Wildman–Crippen MR) is 126 cm³/mol. The zero-order valence-corrected chi connectivity index (χ0v) is 19.4. The highest BCUT2D eigenvalue weighted by atomic mass is 35.5. The molecule has 1 amide bonds. The number of rotatable bonds is 9. The van der Waals surface area contributed by atoms with E-state index in [1.807, 2.05) is 61.7 Å². The molecule has 0 aliphatic carbocycles. The number of halogens is 1. The van der Waals surface area contributed by atoms with E-state index >= 15 is 0 Å². The fourth-order valence-corrected chi connectivity index (χ4v) is 3.82. The van der Waals surface area contributed by atoms with Gasteiger partial charge < -0.3 is 10.1 Å². The van der Waals surface area contributed by atoms with Gasteiger partial charge in [0.15, 0.2) is 11.0 Å². The first-order valence-corrected chi connectivity index (χ1v) is 11.2. The number of aryl methyl sites for hydroxylation is 3. The third kappa shape index (κ3) is 6.12. The number of benzene rings is 2. The zero-order valence-electron chi connectivity index (χ0n) is 17.8. The molecule has 0 fully saturated rings. The molecule has 0 saturated carbocycles. The summed E-state index contributed by atoms with van der Waals surface area (Å²) in [5.41, 5.74) is 3.83. The molecule has 6 nitrogen and oxygen atoms in total. The van der Waals surface area contributed by atoms with Crippen LogP contribution in [-0.2, 0) is 17.9 Å². The Balaban J connectivity index is 1.63. The summed E-state index contributed by atoms with van der Waals surface area (Å²) >= 11 is 7.55. The number of nitrogens with zero attached hydrogens (tertiary/aromatic N) is 3. The van der Waals surface area contributed by atoms with Gasteiger partial charge in [-0.1, -0.05) is 47.1 Å². The van der Waals surface area contributed by atoms with Crippen LogP contribution >= 0.6 is 23.4 Å². The molecule has 0 atom stereocenters. The number of aromatic nitrogens is 3. The summed E-state index contributed by atoms with van der Waals surface area (Å²) < 4.78 is 7.81. The molecule has 1 aromatic heterocycles. The molecule has 2 aromatic carbocycles. The van der Waals surface area contributed by atoms with Crippen LogP contribution in [0.1, 0.15) is 22.5 Å². The number of carbonyl (C=O) groups is 1. The Morgan fingerprint density at radius 3 is 2.52 bits per heavy atom. The molecule has 162 valence electrons. The lowest BCUT2D eigenvalue weighted by molar-refractivity contribution is -0.113. The highest BCUT2D eigenvalue weighted by Gasteiger charge is 2.15. The molecule has 3 aromatic rings. The number of amides is 1. The van der Waals surface area contributed by atoms with Crippen molar-refractivity contribution in [3.8, 4) is 5.75 Å². The van der Waals surface area contributed by atoms with E-state index in [0.29, 0.717) is 17.5 Å². The van der Waals surface area contributed by atoms with Crippen LogP contribution in [0.4, 0.5) is 5.69 Å². The van der Waals surface area contributed by atoms with Crippen LogP contribution in [0.2, 0.25) is 5.02 Å². The van der Waals surface area contributed by atoms with Crippen molar-refractivity contribution in [2.24, 2.45) is 0 Å². The number of anilines is 1. The van der Waals surface area contributed by atoms with Crippen LogP contribution in [0.25, 0.3) is 0 Å². The number of hydrogen-bond donors (Lipinski definition) is 1. The second-order valence-electron chi connectivity index (χ2n) is 7.16. The number of carbonyl (C=O) groups excluding carboxylic acids is 1. The van der Waals surface area contributed by atoms with Crippen LogP contribution in [0.15, 0.2) is 54.2 Å². The Morgan fingerprint density at radius 1 is 1.19 bits per heavy atom. The van der Waals surface area contributed by atoms with Gasteiger partial charge in [0.05, 0.1) is 5.75 Å². The quantitative estimate of drug-likeness (QED) is 0.347. The van der Waals surface area contributed by atoms with Crippen molar-refractivity contribution in [1.82, 2.24) is 14.8 Å². The van der Waals surface area contributed by atoms with Gasteiger partial charge >= 0.3 is 0 Å². The Hall–Kier alpha value is -2.77. The van der Waals surface area contributed by atoms with E-state index in [0.717, 1.165) is 33.1 Å². The van der Waals surface area contributed by atoms with Gasteiger partial charge in [-0.2, -0.15) is 0 Å². The summed E-state index contributed by atoms with van der Waals surface area (Å²) in [7, 11) is 0. The van der Waals surface area contributed by atoms with E-state index in [2.05, 4.69) is 22.1 Å². The average Bonchev–Trinajstić information content (AvgIpc) is 3.12. The van der Waals surface area contributed by atoms with Gasteiger partial charge in [-0.3, -0.25) is 9.36 Å². The van der Waals surface area contributed by atoms with Gasteiger partial charge in [-0.15, -0.1) is 16.8 Å². The fourth-order valence-electron chi connectivity index (χ4n) is 2.95. The van der Waals surface area contributed by atoms with Crippen molar-refractivity contribution in [1.29, 1.82) is 0 Å². The lowest BCUT2D eigenvalue weighted by Crippen LogP contribution is -2.15. The molecule has 31 heavy (non-hydrogen) atoms. The van der Waals surface area contributed by atoms with Gasteiger partial charge in [-0.05, 0) is 56.2 Å². The van der Waals surface area contributed by atoms with E-state index in [9.17, 15) is 4.79 Å². The molecule has 0 bridgehead atoms. The van der Waals surface area contributed by atoms with Crippen molar-refractivity contribution in [3.63, 3.8) is 0 Å². The fraction of sp³-hybridized carbons (Fsp3) is 0.261. The van der Waals surface area contributed by atoms with Gasteiger partial charge in [0.1, 0.15) is 12.4 Å². The Labute approximate surface area is 191 Å². The second kappa shape index (κ2) is 10.5. The third-order valence-corrected chi connectivity index (χ3v) is 6.11. The molecule has 0 saturated heterocycles. The first-order valence-electron chi connectivity index (χ1n) is 9.79. The second-order valence-corrected chi connectivity index (χ2v) is 8.48. The summed E-state index contributed by atoms with van der Waals surface area (Å²) in [6.07, 6.45) is 1.76. The van der Waals surface area contributed by atoms with Gasteiger partial charge in [0.25, 0.3) is 0 Å². The van der Waals surface area contributed by atoms with Crippen LogP contribution in [0.5, 0.6) is 5.75 Å². The van der Waals surface area contributed by atoms with Crippen LogP contribution < -0.4 is 10.1 Å². The Bertz CT molecular complexity index is 1060. The third-order valence-electron chi connectivity index (χ3n) is 4.55. The van der Waals surface area contributed by atoms with Crippen LogP contribution in [0, 0.1) is 20.8 Å². The minimum absolute atomic E-state index is 0.105. The summed E-state index contributed by atoms with van der Waals surface area (Å²) in [4.78, 5) is 12.3. The van der Waals surface area contributed by atoms with Crippen molar-refractivity contribution >= 4 is 35.0 Å². The molecule has 0 spiro atoms. The number of nitrogens with one attached hydrogen (secondary N) is 1. The number of hydrogen-bond acceptors (Lipinski definition) is 5. The minimum Gasteiger partial charge on any atom is -0.486 e. The molecule has 8 heteroatoms. The zero-order chi connectivity index (χ0) is 22.4. The summed E-state index contributed by atoms with van der Waals surface area (Å²) in [6.45, 7) is 10.5. The molecule has 1 N–H and O–H groups in total. The number of allylic oxidation sites excluding steroid dienone is 1. The lowest BCUT2D eigenvalue weighted by Gasteiger charge is -2.11. The first kappa shape index (κ1) is 22.9. The van der Waals surface area contributed by atoms with Gasteiger partial charge in [-0.25, -0.2) is 0 Å². The SMILES string of the molecule is C=CCn1c(COc2cc(C)c(Cl)c(C)c2)nnc1SCC(=O)Nc1ccc(C)cc1. The summed E-state index contributed by atoms with van der Waals surface area (Å²) in [5.74, 6) is 1.50. The number of ether oxygens (including phenoxy) is 1. The maximum absolute atomic E-state index is 12.3. The summed E-state index contributed by atoms with van der Waals surface area (Å²) in [5, 5.41) is 12.7. The monoisotopic (exact) mass is 456 g/mol. The van der Waals surface area contributed by atoms with Crippen molar-refractivity contribution in [2.45, 2.75) is 39.1 Å². The molecule has 0 aliphatic rings. The maximum Gasteiger partial charge on any atom is 0.234 e. The maximum atomic E-state index is 12.3. The highest BCUT2D eigenvalue weighted by Crippen LogP contribution is 2.26. The average molecular weight is 457 g/mol. The predicted octanol–water partition coefficient (Wildman–Crippen LogP) is 5.35. The normalized spacial score (nSPS) is 10.7. The molecule has 0 aliphatic heterocycles. The Kier molecular flexibility index (Phi) is 7.76. The molecular weight excluding hydrogens is 432 g/mol. The first-order chi connectivity index (χ1) is 14.9. The van der Waals surface area contributed by atoms with Gasteiger partial charge in [0, 0.05) is 17.3 Å². The van der Waals surface area contributed by atoms with Crippen molar-refractivity contribution < 1.29 is 9.53 Å². The molecular formula is C23H25ClN4O2S. The van der Waals surface area contributed by atoms with E-state index in [-0.39, 0.29) is 18.3 Å². The molecule has 1 heterocycles. The van der Waals surface area contributed by atoms with Crippen LogP contribution in [-0.4, -0.2) is 26.4 Å². The lowest BCUT2D eigenvalue weighted by atomic mass is 10.1.